The quantitative estimate of drug-likeness (QED) is 0.707. The van der Waals surface area contributed by atoms with Crippen molar-refractivity contribution in [2.75, 3.05) is 11.9 Å². The summed E-state index contributed by atoms with van der Waals surface area (Å²) in [4.78, 5) is 28.3. The maximum atomic E-state index is 12.1. The van der Waals surface area contributed by atoms with E-state index in [9.17, 15) is 18.0 Å². The number of ether oxygens (including phenoxy) is 1. The number of nitriles is 1. The van der Waals surface area contributed by atoms with Gasteiger partial charge in [0.15, 0.2) is 6.61 Å². The number of hydrogen-bond donors (Lipinski definition) is 2. The number of esters is 1. The second-order valence-corrected chi connectivity index (χ2v) is 7.72. The Morgan fingerprint density at radius 1 is 1.21 bits per heavy atom. The lowest BCUT2D eigenvalue weighted by molar-refractivity contribution is -0.148. The molecule has 29 heavy (non-hydrogen) atoms. The van der Waals surface area contributed by atoms with Crippen LogP contribution in [-0.4, -0.2) is 38.8 Å². The molecular weight excluding hydrogens is 396 g/mol. The van der Waals surface area contributed by atoms with E-state index in [0.717, 1.165) is 0 Å². The zero-order chi connectivity index (χ0) is 21.0. The standard InChI is InChI=1S/C19H16N4O5S/c1-12(21-18-14-7-3-5-9-16(14)29(26,27)23-18)19(25)28-11-17(24)22-15-8-4-2-6-13(15)10-20/h2-9,12H,11H2,1H3,(H,21,23)(H,22,24)/t12-/m0/s1. The number of anilines is 1. The first-order chi connectivity index (χ1) is 13.8. The summed E-state index contributed by atoms with van der Waals surface area (Å²) >= 11 is 0. The summed E-state index contributed by atoms with van der Waals surface area (Å²) in [6, 6.07) is 13.6. The molecule has 1 aliphatic rings. The molecule has 0 radical (unpaired) electrons. The predicted octanol–water partition coefficient (Wildman–Crippen LogP) is 1.17. The molecule has 1 heterocycles. The molecule has 10 heteroatoms. The van der Waals surface area contributed by atoms with Crippen molar-refractivity contribution >= 4 is 33.4 Å². The van der Waals surface area contributed by atoms with Crippen molar-refractivity contribution in [2.24, 2.45) is 4.99 Å². The highest BCUT2D eigenvalue weighted by Gasteiger charge is 2.31. The van der Waals surface area contributed by atoms with Crippen molar-refractivity contribution in [2.45, 2.75) is 17.9 Å². The molecule has 2 aromatic rings. The molecule has 9 nitrogen and oxygen atoms in total. The van der Waals surface area contributed by atoms with E-state index in [2.05, 4.69) is 15.0 Å². The number of carbonyl (C=O) groups is 2. The van der Waals surface area contributed by atoms with E-state index in [1.165, 1.54) is 13.0 Å². The zero-order valence-corrected chi connectivity index (χ0v) is 16.1. The van der Waals surface area contributed by atoms with Crippen LogP contribution < -0.4 is 10.0 Å². The molecule has 0 unspecified atom stereocenters. The van der Waals surface area contributed by atoms with E-state index in [1.807, 2.05) is 6.07 Å². The number of amides is 1. The van der Waals surface area contributed by atoms with Gasteiger partial charge in [0.05, 0.1) is 16.1 Å². The molecule has 1 atom stereocenters. The Bertz CT molecular complexity index is 1150. The number of hydrogen-bond acceptors (Lipinski definition) is 7. The van der Waals surface area contributed by atoms with Crippen molar-refractivity contribution < 1.29 is 22.7 Å². The monoisotopic (exact) mass is 412 g/mol. The number of para-hydroxylation sites is 1. The molecular formula is C19H16N4O5S. The van der Waals surface area contributed by atoms with Crippen LogP contribution in [0.1, 0.15) is 18.1 Å². The van der Waals surface area contributed by atoms with E-state index in [4.69, 9.17) is 10.00 Å². The highest BCUT2D eigenvalue weighted by Crippen LogP contribution is 2.22. The van der Waals surface area contributed by atoms with Crippen molar-refractivity contribution in [3.63, 3.8) is 0 Å². The van der Waals surface area contributed by atoms with Crippen LogP contribution in [0.4, 0.5) is 5.69 Å². The minimum absolute atomic E-state index is 0.0393. The highest BCUT2D eigenvalue weighted by atomic mass is 32.2. The van der Waals surface area contributed by atoms with E-state index < -0.39 is 34.5 Å². The number of benzene rings is 2. The second-order valence-electron chi connectivity index (χ2n) is 6.07. The minimum atomic E-state index is -3.72. The highest BCUT2D eigenvalue weighted by molar-refractivity contribution is 7.90. The Labute approximate surface area is 167 Å². The van der Waals surface area contributed by atoms with Gasteiger partial charge in [-0.2, -0.15) is 5.26 Å². The van der Waals surface area contributed by atoms with Crippen LogP contribution in [0.25, 0.3) is 0 Å². The van der Waals surface area contributed by atoms with E-state index in [0.29, 0.717) is 11.3 Å². The van der Waals surface area contributed by atoms with Gasteiger partial charge in [0.1, 0.15) is 17.9 Å². The van der Waals surface area contributed by atoms with Crippen molar-refractivity contribution in [1.29, 1.82) is 5.26 Å². The van der Waals surface area contributed by atoms with E-state index >= 15 is 0 Å². The normalized spacial score (nSPS) is 16.2. The third kappa shape index (κ3) is 4.41. The van der Waals surface area contributed by atoms with Crippen molar-refractivity contribution in [1.82, 2.24) is 4.72 Å². The lowest BCUT2D eigenvalue weighted by Gasteiger charge is -2.10. The van der Waals surface area contributed by atoms with Crippen LogP contribution in [0.5, 0.6) is 0 Å². The summed E-state index contributed by atoms with van der Waals surface area (Å²) in [6.45, 7) is 0.851. The number of rotatable bonds is 5. The number of carbonyl (C=O) groups excluding carboxylic acids is 2. The number of nitrogens with zero attached hydrogens (tertiary/aromatic N) is 2. The van der Waals surface area contributed by atoms with Gasteiger partial charge in [-0.3, -0.25) is 14.5 Å². The molecule has 0 fully saturated rings. The second kappa shape index (κ2) is 8.12. The van der Waals surface area contributed by atoms with Crippen LogP contribution in [0.2, 0.25) is 0 Å². The van der Waals surface area contributed by atoms with Crippen LogP contribution in [0, 0.1) is 11.3 Å². The first-order valence-electron chi connectivity index (χ1n) is 8.47. The van der Waals surface area contributed by atoms with Gasteiger partial charge in [-0.05, 0) is 31.2 Å². The summed E-state index contributed by atoms with van der Waals surface area (Å²) in [6.07, 6.45) is 0. The largest absolute Gasteiger partial charge is 0.454 e. The fourth-order valence-corrected chi connectivity index (χ4v) is 3.85. The summed E-state index contributed by atoms with van der Waals surface area (Å²) in [5.41, 5.74) is 0.943. The summed E-state index contributed by atoms with van der Waals surface area (Å²) in [5, 5.41) is 11.5. The SMILES string of the molecule is C[C@H](N=C1NS(=O)(=O)c2ccccc21)C(=O)OCC(=O)Nc1ccccc1C#N. The molecule has 1 aliphatic heterocycles. The van der Waals surface area contributed by atoms with Crippen LogP contribution in [0.3, 0.4) is 0 Å². The van der Waals surface area contributed by atoms with Crippen molar-refractivity contribution in [3.05, 3.63) is 59.7 Å². The number of aliphatic imine (C=N–C) groups is 1. The Morgan fingerprint density at radius 2 is 1.90 bits per heavy atom. The number of amidine groups is 1. The van der Waals surface area contributed by atoms with E-state index in [1.54, 1.807) is 42.5 Å². The minimum Gasteiger partial charge on any atom is -0.454 e. The molecule has 148 valence electrons. The predicted molar refractivity (Wildman–Crippen MR) is 104 cm³/mol. The fourth-order valence-electron chi connectivity index (χ4n) is 2.61. The average Bonchev–Trinajstić information content (AvgIpc) is 2.96. The number of nitrogens with one attached hydrogen (secondary N) is 2. The molecule has 2 N–H and O–H groups in total. The van der Waals surface area contributed by atoms with Gasteiger partial charge in [0.25, 0.3) is 15.9 Å². The van der Waals surface area contributed by atoms with Crippen LogP contribution in [-0.2, 0) is 24.3 Å². The first-order valence-corrected chi connectivity index (χ1v) is 9.96. The first kappa shape index (κ1) is 20.0. The average molecular weight is 412 g/mol. The van der Waals surface area contributed by atoms with Gasteiger partial charge in [-0.25, -0.2) is 13.2 Å². The van der Waals surface area contributed by atoms with Gasteiger partial charge in [-0.15, -0.1) is 0 Å². The summed E-state index contributed by atoms with van der Waals surface area (Å²) < 4.78 is 31.4. The zero-order valence-electron chi connectivity index (χ0n) is 15.2. The Morgan fingerprint density at radius 3 is 2.66 bits per heavy atom. The molecule has 0 aliphatic carbocycles. The smallest absolute Gasteiger partial charge is 0.331 e. The third-order valence-electron chi connectivity index (χ3n) is 3.99. The van der Waals surface area contributed by atoms with Gasteiger partial charge in [0.2, 0.25) is 0 Å². The molecule has 0 saturated carbocycles. The van der Waals surface area contributed by atoms with Gasteiger partial charge in [0, 0.05) is 5.56 Å². The fraction of sp³-hybridized carbons (Fsp3) is 0.158. The topological polar surface area (TPSA) is 138 Å². The lowest BCUT2D eigenvalue weighted by atomic mass is 10.2. The maximum Gasteiger partial charge on any atom is 0.331 e. The third-order valence-corrected chi connectivity index (χ3v) is 5.39. The van der Waals surface area contributed by atoms with Gasteiger partial charge >= 0.3 is 5.97 Å². The van der Waals surface area contributed by atoms with Gasteiger partial charge < -0.3 is 10.1 Å². The maximum absolute atomic E-state index is 12.1. The summed E-state index contributed by atoms with van der Waals surface area (Å²) in [5.74, 6) is -1.38. The molecule has 0 bridgehead atoms. The lowest BCUT2D eigenvalue weighted by Crippen LogP contribution is -2.29. The molecule has 0 saturated heterocycles. The Kier molecular flexibility index (Phi) is 5.61. The van der Waals surface area contributed by atoms with Crippen LogP contribution >= 0.6 is 0 Å². The molecule has 0 spiro atoms. The molecule has 2 aromatic carbocycles. The van der Waals surface area contributed by atoms with E-state index in [-0.39, 0.29) is 16.3 Å². The molecule has 1 amide bonds. The van der Waals surface area contributed by atoms with Crippen LogP contribution in [0.15, 0.2) is 58.4 Å². The molecule has 3 rings (SSSR count). The Balaban J connectivity index is 1.62. The molecule has 0 aromatic heterocycles. The Hall–Kier alpha value is -3.71. The van der Waals surface area contributed by atoms with Gasteiger partial charge in [-0.1, -0.05) is 24.3 Å². The number of fused-ring (bicyclic) bond motifs is 1. The van der Waals surface area contributed by atoms with Crippen molar-refractivity contribution in [3.8, 4) is 6.07 Å². The number of sulfonamides is 1. The summed E-state index contributed by atoms with van der Waals surface area (Å²) in [7, 11) is -3.72.